The molecule has 4 nitrogen and oxygen atoms in total. The summed E-state index contributed by atoms with van der Waals surface area (Å²) in [4.78, 5) is 6.77. The number of pyridine rings is 1. The van der Waals surface area contributed by atoms with Crippen LogP contribution in [0.25, 0.3) is 5.69 Å². The summed E-state index contributed by atoms with van der Waals surface area (Å²) in [5.74, 6) is 0. The molecule has 0 unspecified atom stereocenters. The molecule has 1 aliphatic rings. The number of nitrogens with one attached hydrogen (secondary N) is 1. The van der Waals surface area contributed by atoms with E-state index >= 15 is 0 Å². The third-order valence-corrected chi connectivity index (χ3v) is 6.49. The van der Waals surface area contributed by atoms with Crippen LogP contribution in [0, 0.1) is 0 Å². The van der Waals surface area contributed by atoms with Crippen LogP contribution in [0.5, 0.6) is 0 Å². The van der Waals surface area contributed by atoms with Crippen molar-refractivity contribution in [1.29, 1.82) is 0 Å². The van der Waals surface area contributed by atoms with Gasteiger partial charge in [-0.1, -0.05) is 33.6 Å². The van der Waals surface area contributed by atoms with Gasteiger partial charge in [-0.15, -0.1) is 0 Å². The zero-order chi connectivity index (χ0) is 21.4. The van der Waals surface area contributed by atoms with Crippen LogP contribution in [0.15, 0.2) is 95.7 Å². The second kappa shape index (κ2) is 8.46. The molecule has 3 heterocycles. The molecule has 2 atom stereocenters. The summed E-state index contributed by atoms with van der Waals surface area (Å²) in [7, 11) is 0. The standard InChI is InChI=1S/C24H18BrClN4S/c25-16-6-10-18(11-7-16)29-15-3-5-21(29)23-22(20-4-1-2-14-27-20)28-24(31)30(23)19-12-8-17(26)9-13-19/h1-15,22-23H,(H,28,31)/t22-,23+/m0/s1. The van der Waals surface area contributed by atoms with Gasteiger partial charge in [0.2, 0.25) is 0 Å². The molecule has 1 fully saturated rings. The Labute approximate surface area is 199 Å². The Hall–Kier alpha value is -2.67. The van der Waals surface area contributed by atoms with E-state index in [0.29, 0.717) is 10.1 Å². The summed E-state index contributed by atoms with van der Waals surface area (Å²) in [6, 6.07) is 26.0. The van der Waals surface area contributed by atoms with E-state index in [1.807, 2.05) is 60.8 Å². The van der Waals surface area contributed by atoms with Crippen molar-refractivity contribution >= 4 is 50.5 Å². The van der Waals surface area contributed by atoms with Crippen molar-refractivity contribution in [3.8, 4) is 5.69 Å². The first-order valence-electron chi connectivity index (χ1n) is 9.81. The molecule has 1 saturated heterocycles. The maximum Gasteiger partial charge on any atom is 0.174 e. The van der Waals surface area contributed by atoms with Crippen molar-refractivity contribution in [3.05, 3.63) is 112 Å². The summed E-state index contributed by atoms with van der Waals surface area (Å²) in [5.41, 5.74) is 4.11. The third-order valence-electron chi connectivity index (χ3n) is 5.39. The number of aromatic nitrogens is 2. The third kappa shape index (κ3) is 3.87. The molecule has 31 heavy (non-hydrogen) atoms. The largest absolute Gasteiger partial charge is 0.351 e. The molecule has 1 aliphatic heterocycles. The first kappa shape index (κ1) is 20.2. The number of thiocarbonyl (C=S) groups is 1. The number of hydrogen-bond donors (Lipinski definition) is 1. The van der Waals surface area contributed by atoms with Crippen molar-refractivity contribution in [3.63, 3.8) is 0 Å². The average molecular weight is 510 g/mol. The zero-order valence-corrected chi connectivity index (χ0v) is 19.5. The SMILES string of the molecule is S=C1N[C@@H](c2ccccn2)[C@@H](c2cccn2-c2ccc(Br)cc2)N1c1ccc(Cl)cc1. The number of benzene rings is 2. The molecule has 4 aromatic rings. The molecule has 2 aromatic carbocycles. The lowest BCUT2D eigenvalue weighted by Crippen LogP contribution is -2.30. The molecule has 7 heteroatoms. The molecular formula is C24H18BrClN4S. The van der Waals surface area contributed by atoms with Crippen LogP contribution in [-0.4, -0.2) is 14.7 Å². The van der Waals surface area contributed by atoms with Crippen molar-refractivity contribution in [2.45, 2.75) is 12.1 Å². The van der Waals surface area contributed by atoms with Gasteiger partial charge in [-0.2, -0.15) is 0 Å². The fraction of sp³-hybridized carbons (Fsp3) is 0.0833. The summed E-state index contributed by atoms with van der Waals surface area (Å²) in [6.45, 7) is 0. The van der Waals surface area contributed by atoms with E-state index in [2.05, 4.69) is 66.2 Å². The normalized spacial score (nSPS) is 18.3. The molecule has 2 aromatic heterocycles. The van der Waals surface area contributed by atoms with E-state index in [1.165, 1.54) is 0 Å². The molecule has 0 aliphatic carbocycles. The highest BCUT2D eigenvalue weighted by atomic mass is 79.9. The van der Waals surface area contributed by atoms with Gasteiger partial charge in [-0.05, 0) is 85.0 Å². The van der Waals surface area contributed by atoms with Gasteiger partial charge < -0.3 is 14.8 Å². The predicted octanol–water partition coefficient (Wildman–Crippen LogP) is 6.47. The topological polar surface area (TPSA) is 33.1 Å². The van der Waals surface area contributed by atoms with Crippen LogP contribution in [-0.2, 0) is 0 Å². The maximum absolute atomic E-state index is 6.15. The number of nitrogens with zero attached hydrogens (tertiary/aromatic N) is 3. The highest BCUT2D eigenvalue weighted by Crippen LogP contribution is 2.42. The lowest BCUT2D eigenvalue weighted by atomic mass is 10.0. The second-order valence-corrected chi connectivity index (χ2v) is 8.99. The Morgan fingerprint density at radius 2 is 1.65 bits per heavy atom. The zero-order valence-electron chi connectivity index (χ0n) is 16.3. The van der Waals surface area contributed by atoms with Gasteiger partial charge in [0.25, 0.3) is 0 Å². The summed E-state index contributed by atoms with van der Waals surface area (Å²) >= 11 is 15.5. The Balaban J connectivity index is 1.66. The van der Waals surface area contributed by atoms with E-state index in [-0.39, 0.29) is 12.1 Å². The fourth-order valence-electron chi connectivity index (χ4n) is 4.01. The van der Waals surface area contributed by atoms with Crippen molar-refractivity contribution in [1.82, 2.24) is 14.9 Å². The van der Waals surface area contributed by atoms with E-state index in [9.17, 15) is 0 Å². The van der Waals surface area contributed by atoms with Crippen molar-refractivity contribution in [2.75, 3.05) is 4.90 Å². The van der Waals surface area contributed by atoms with Crippen LogP contribution in [0.3, 0.4) is 0 Å². The van der Waals surface area contributed by atoms with E-state index in [1.54, 1.807) is 0 Å². The van der Waals surface area contributed by atoms with Crippen LogP contribution < -0.4 is 10.2 Å². The molecule has 0 amide bonds. The van der Waals surface area contributed by atoms with E-state index in [0.717, 1.165) is 27.2 Å². The molecule has 0 saturated carbocycles. The average Bonchev–Trinajstić information content (AvgIpc) is 3.40. The molecule has 0 radical (unpaired) electrons. The van der Waals surface area contributed by atoms with E-state index < -0.39 is 0 Å². The lowest BCUT2D eigenvalue weighted by molar-refractivity contribution is 0.549. The highest BCUT2D eigenvalue weighted by Gasteiger charge is 2.42. The fourth-order valence-corrected chi connectivity index (χ4v) is 4.74. The van der Waals surface area contributed by atoms with Gasteiger partial charge in [0.15, 0.2) is 5.11 Å². The minimum atomic E-state index is -0.103. The Kier molecular flexibility index (Phi) is 5.52. The lowest BCUT2D eigenvalue weighted by Gasteiger charge is -2.29. The molecule has 1 N–H and O–H groups in total. The molecule has 5 rings (SSSR count). The maximum atomic E-state index is 6.15. The van der Waals surface area contributed by atoms with Crippen LogP contribution in [0.1, 0.15) is 23.5 Å². The monoisotopic (exact) mass is 508 g/mol. The van der Waals surface area contributed by atoms with Crippen LogP contribution >= 0.6 is 39.7 Å². The number of halogens is 2. The summed E-state index contributed by atoms with van der Waals surface area (Å²) in [5, 5.41) is 4.85. The smallest absolute Gasteiger partial charge is 0.174 e. The molecule has 154 valence electrons. The first-order chi connectivity index (χ1) is 15.1. The quantitative estimate of drug-likeness (QED) is 0.320. The van der Waals surface area contributed by atoms with Crippen LogP contribution in [0.4, 0.5) is 5.69 Å². The molecular weight excluding hydrogens is 492 g/mol. The molecule has 0 spiro atoms. The van der Waals surface area contributed by atoms with Crippen LogP contribution in [0.2, 0.25) is 5.02 Å². The van der Waals surface area contributed by atoms with Gasteiger partial charge in [0, 0.05) is 39.0 Å². The Morgan fingerprint density at radius 1 is 0.903 bits per heavy atom. The summed E-state index contributed by atoms with van der Waals surface area (Å²) < 4.78 is 3.24. The Bertz CT molecular complexity index is 1210. The summed E-state index contributed by atoms with van der Waals surface area (Å²) in [6.07, 6.45) is 3.89. The first-order valence-corrected chi connectivity index (χ1v) is 11.4. The van der Waals surface area contributed by atoms with E-state index in [4.69, 9.17) is 23.8 Å². The second-order valence-electron chi connectivity index (χ2n) is 7.25. The molecule has 0 bridgehead atoms. The highest BCUT2D eigenvalue weighted by molar-refractivity contribution is 9.10. The van der Waals surface area contributed by atoms with Gasteiger partial charge in [-0.25, -0.2) is 0 Å². The number of rotatable bonds is 4. The number of anilines is 1. The van der Waals surface area contributed by atoms with Crippen molar-refractivity contribution in [2.24, 2.45) is 0 Å². The van der Waals surface area contributed by atoms with Gasteiger partial charge in [0.05, 0.1) is 11.7 Å². The van der Waals surface area contributed by atoms with Gasteiger partial charge in [-0.3, -0.25) is 4.98 Å². The number of hydrogen-bond acceptors (Lipinski definition) is 2. The Morgan fingerprint density at radius 3 is 2.35 bits per heavy atom. The van der Waals surface area contributed by atoms with Gasteiger partial charge >= 0.3 is 0 Å². The van der Waals surface area contributed by atoms with Crippen molar-refractivity contribution < 1.29 is 0 Å². The predicted molar refractivity (Wildman–Crippen MR) is 133 cm³/mol. The minimum absolute atomic E-state index is 0.0952. The van der Waals surface area contributed by atoms with Gasteiger partial charge in [0.1, 0.15) is 6.04 Å². The minimum Gasteiger partial charge on any atom is -0.351 e.